The molecule has 1 aliphatic rings. The largest absolute Gasteiger partial charge is 0.430 e. The van der Waals surface area contributed by atoms with Crippen molar-refractivity contribution < 1.29 is 18.0 Å². The molecule has 4 heterocycles. The number of anilines is 1. The highest BCUT2D eigenvalue weighted by Gasteiger charge is 2.45. The Morgan fingerprint density at radius 3 is 2.67 bits per heavy atom. The maximum atomic E-state index is 12.6. The normalized spacial score (nSPS) is 14.8. The van der Waals surface area contributed by atoms with Crippen LogP contribution in [-0.2, 0) is 5.54 Å². The maximum absolute atomic E-state index is 12.6. The van der Waals surface area contributed by atoms with Crippen LogP contribution in [-0.4, -0.2) is 49.9 Å². The SMILES string of the molecule is C=C(NC(=O)c1ccc(N2CC(CC#N)(n3cc(-c4ncnc5[nH]ccc45)cn3)C2)cc1)C(F)(F)F. The van der Waals surface area contributed by atoms with Gasteiger partial charge in [0.15, 0.2) is 0 Å². The fourth-order valence-corrected chi connectivity index (χ4v) is 4.24. The molecule has 9 nitrogen and oxygen atoms in total. The second kappa shape index (κ2) is 8.53. The van der Waals surface area contributed by atoms with E-state index in [9.17, 15) is 23.2 Å². The van der Waals surface area contributed by atoms with Crippen LogP contribution in [0.4, 0.5) is 18.9 Å². The standard InChI is InChI=1S/C24H19F3N8O/c1-15(24(25,26)27)33-22(36)16-2-4-18(5-3-16)34-12-23(13-34,7-8-28)35-11-17(10-32-35)20-19-6-9-29-21(19)31-14-30-20/h2-6,9-11,14H,1,7,12-13H2,(H,33,36)(H,29,30,31). The minimum atomic E-state index is -4.70. The Labute approximate surface area is 202 Å². The van der Waals surface area contributed by atoms with Crippen LogP contribution in [0.1, 0.15) is 16.8 Å². The van der Waals surface area contributed by atoms with Crippen LogP contribution in [0.25, 0.3) is 22.3 Å². The average molecular weight is 492 g/mol. The van der Waals surface area contributed by atoms with Gasteiger partial charge in [0, 0.05) is 47.7 Å². The number of hydrogen-bond donors (Lipinski definition) is 2. The number of hydrogen-bond acceptors (Lipinski definition) is 6. The third-order valence-corrected chi connectivity index (χ3v) is 6.18. The number of rotatable bonds is 6. The highest BCUT2D eigenvalue weighted by molar-refractivity contribution is 5.95. The first-order valence-electron chi connectivity index (χ1n) is 10.8. The molecule has 1 fully saturated rings. The molecule has 2 N–H and O–H groups in total. The van der Waals surface area contributed by atoms with Crippen molar-refractivity contribution >= 4 is 22.6 Å². The summed E-state index contributed by atoms with van der Waals surface area (Å²) < 4.78 is 39.6. The third kappa shape index (κ3) is 4.04. The summed E-state index contributed by atoms with van der Waals surface area (Å²) in [6.45, 7) is 3.82. The Bertz CT molecular complexity index is 1490. The van der Waals surface area contributed by atoms with Crippen molar-refractivity contribution in [2.24, 2.45) is 0 Å². The van der Waals surface area contributed by atoms with Crippen molar-refractivity contribution in [1.29, 1.82) is 5.26 Å². The van der Waals surface area contributed by atoms with Crippen molar-refractivity contribution in [3.63, 3.8) is 0 Å². The molecule has 0 spiro atoms. The lowest BCUT2D eigenvalue weighted by atomic mass is 9.86. The number of carbonyl (C=O) groups is 1. The van der Waals surface area contributed by atoms with Crippen molar-refractivity contribution in [3.05, 3.63) is 73.1 Å². The molecule has 12 heteroatoms. The van der Waals surface area contributed by atoms with E-state index in [2.05, 4.69) is 32.7 Å². The molecule has 0 atom stereocenters. The van der Waals surface area contributed by atoms with Crippen molar-refractivity contribution in [1.82, 2.24) is 30.0 Å². The van der Waals surface area contributed by atoms with Gasteiger partial charge in [0.1, 0.15) is 23.2 Å². The summed E-state index contributed by atoms with van der Waals surface area (Å²) in [6.07, 6.45) is 2.36. The number of halogens is 3. The number of nitrogens with zero attached hydrogens (tertiary/aromatic N) is 6. The Morgan fingerprint density at radius 1 is 1.22 bits per heavy atom. The molecule has 0 aliphatic carbocycles. The van der Waals surface area contributed by atoms with E-state index in [0.717, 1.165) is 22.3 Å². The zero-order valence-electron chi connectivity index (χ0n) is 18.8. The van der Waals surface area contributed by atoms with Crippen LogP contribution < -0.4 is 10.2 Å². The van der Waals surface area contributed by atoms with Crippen molar-refractivity contribution in [2.75, 3.05) is 18.0 Å². The van der Waals surface area contributed by atoms with Crippen molar-refractivity contribution in [3.8, 4) is 17.3 Å². The minimum Gasteiger partial charge on any atom is -0.366 e. The fraction of sp³-hybridized carbons (Fsp3) is 0.208. The predicted octanol–water partition coefficient (Wildman–Crippen LogP) is 3.76. The van der Waals surface area contributed by atoms with E-state index >= 15 is 0 Å². The summed E-state index contributed by atoms with van der Waals surface area (Å²) in [5.74, 6) is -0.892. The van der Waals surface area contributed by atoms with Gasteiger partial charge in [0.05, 0.1) is 24.4 Å². The lowest BCUT2D eigenvalue weighted by molar-refractivity contribution is -0.0953. The molecule has 0 radical (unpaired) electrons. The quantitative estimate of drug-likeness (QED) is 0.424. The van der Waals surface area contributed by atoms with E-state index in [0.29, 0.717) is 18.7 Å². The van der Waals surface area contributed by atoms with Crippen LogP contribution in [0.15, 0.2) is 67.5 Å². The first kappa shape index (κ1) is 23.1. The zero-order valence-corrected chi connectivity index (χ0v) is 18.8. The average Bonchev–Trinajstić information content (AvgIpc) is 3.50. The summed E-state index contributed by atoms with van der Waals surface area (Å²) in [4.78, 5) is 25.7. The van der Waals surface area contributed by atoms with E-state index in [1.807, 2.05) is 17.2 Å². The van der Waals surface area contributed by atoms with Gasteiger partial charge in [-0.25, -0.2) is 9.97 Å². The lowest BCUT2D eigenvalue weighted by Gasteiger charge is -2.50. The third-order valence-electron chi connectivity index (χ3n) is 6.18. The number of alkyl halides is 3. The predicted molar refractivity (Wildman–Crippen MR) is 125 cm³/mol. The van der Waals surface area contributed by atoms with Crippen LogP contribution in [0.5, 0.6) is 0 Å². The van der Waals surface area contributed by atoms with Gasteiger partial charge in [0.2, 0.25) is 0 Å². The summed E-state index contributed by atoms with van der Waals surface area (Å²) in [7, 11) is 0. The smallest absolute Gasteiger partial charge is 0.366 e. The molecular weight excluding hydrogens is 473 g/mol. The number of fused-ring (bicyclic) bond motifs is 1. The Morgan fingerprint density at radius 2 is 1.97 bits per heavy atom. The van der Waals surface area contributed by atoms with Crippen LogP contribution in [0.3, 0.4) is 0 Å². The van der Waals surface area contributed by atoms with E-state index in [4.69, 9.17) is 0 Å². The number of amides is 1. The van der Waals surface area contributed by atoms with Gasteiger partial charge >= 0.3 is 6.18 Å². The van der Waals surface area contributed by atoms with Gasteiger partial charge in [-0.3, -0.25) is 9.48 Å². The summed E-state index contributed by atoms with van der Waals surface area (Å²) >= 11 is 0. The van der Waals surface area contributed by atoms with Gasteiger partial charge in [-0.15, -0.1) is 0 Å². The number of carbonyl (C=O) groups excluding carboxylic acids is 1. The number of nitriles is 1. The molecule has 1 amide bonds. The Kier molecular flexibility index (Phi) is 5.47. The van der Waals surface area contributed by atoms with E-state index in [-0.39, 0.29) is 12.0 Å². The monoisotopic (exact) mass is 492 g/mol. The molecule has 0 unspecified atom stereocenters. The Hall–Kier alpha value is -4.66. The first-order valence-corrected chi connectivity index (χ1v) is 10.8. The van der Waals surface area contributed by atoms with E-state index < -0.39 is 23.3 Å². The molecule has 0 bridgehead atoms. The number of H-pyrrole nitrogens is 1. The number of aromatic nitrogens is 5. The molecule has 1 aromatic carbocycles. The Balaban J connectivity index is 1.31. The summed E-state index contributed by atoms with van der Waals surface area (Å²) in [6, 6.07) is 10.3. The highest BCUT2D eigenvalue weighted by atomic mass is 19.4. The molecule has 1 saturated heterocycles. The number of nitrogens with one attached hydrogen (secondary N) is 2. The number of aromatic amines is 1. The lowest BCUT2D eigenvalue weighted by Crippen LogP contribution is -2.63. The van der Waals surface area contributed by atoms with Crippen LogP contribution >= 0.6 is 0 Å². The fourth-order valence-electron chi connectivity index (χ4n) is 4.24. The molecular formula is C24H19F3N8O. The van der Waals surface area contributed by atoms with Crippen LogP contribution in [0.2, 0.25) is 0 Å². The molecule has 4 aromatic rings. The number of benzene rings is 1. The van der Waals surface area contributed by atoms with Gasteiger partial charge < -0.3 is 15.2 Å². The topological polar surface area (TPSA) is 116 Å². The van der Waals surface area contributed by atoms with Crippen LogP contribution in [0, 0.1) is 11.3 Å². The summed E-state index contributed by atoms with van der Waals surface area (Å²) in [5.41, 5.74) is 1.22. The molecule has 1 aliphatic heterocycles. The van der Waals surface area contributed by atoms with Gasteiger partial charge in [-0.1, -0.05) is 6.58 Å². The second-order valence-corrected chi connectivity index (χ2v) is 8.53. The maximum Gasteiger partial charge on any atom is 0.430 e. The molecule has 0 saturated carbocycles. The summed E-state index contributed by atoms with van der Waals surface area (Å²) in [5, 5.41) is 16.6. The van der Waals surface area contributed by atoms with E-state index in [1.165, 1.54) is 18.5 Å². The second-order valence-electron chi connectivity index (χ2n) is 8.53. The molecule has 5 rings (SSSR count). The zero-order chi connectivity index (χ0) is 25.5. The van der Waals surface area contributed by atoms with Gasteiger partial charge in [0.25, 0.3) is 5.91 Å². The number of allylic oxidation sites excluding steroid dienone is 1. The highest BCUT2D eigenvalue weighted by Crippen LogP contribution is 2.37. The molecule has 3 aromatic heterocycles. The first-order chi connectivity index (χ1) is 17.2. The van der Waals surface area contributed by atoms with Gasteiger partial charge in [-0.05, 0) is 30.3 Å². The van der Waals surface area contributed by atoms with Gasteiger partial charge in [-0.2, -0.15) is 23.5 Å². The van der Waals surface area contributed by atoms with Crippen molar-refractivity contribution in [2.45, 2.75) is 18.1 Å². The minimum absolute atomic E-state index is 0.0746. The molecule has 182 valence electrons. The molecule has 36 heavy (non-hydrogen) atoms. The van der Waals surface area contributed by atoms with E-state index in [1.54, 1.807) is 34.5 Å².